The second-order valence-corrected chi connectivity index (χ2v) is 9.09. The third-order valence-electron chi connectivity index (χ3n) is 6.55. The van der Waals surface area contributed by atoms with Gasteiger partial charge >= 0.3 is 0 Å². The summed E-state index contributed by atoms with van der Waals surface area (Å²) in [6.07, 6.45) is 2.31. The Kier molecular flexibility index (Phi) is 6.11. The molecule has 3 nitrogen and oxygen atoms in total. The van der Waals surface area contributed by atoms with Crippen molar-refractivity contribution in [3.63, 3.8) is 0 Å². The quantitative estimate of drug-likeness (QED) is 0.345. The summed E-state index contributed by atoms with van der Waals surface area (Å²) in [6, 6.07) is 30.0. The predicted molar refractivity (Wildman–Crippen MR) is 135 cm³/mol. The van der Waals surface area contributed by atoms with E-state index in [1.165, 1.54) is 11.3 Å². The van der Waals surface area contributed by atoms with Gasteiger partial charge in [-0.3, -0.25) is 4.90 Å². The number of likely N-dealkylation sites (tertiary alicyclic amines) is 1. The Morgan fingerprint density at radius 1 is 0.906 bits per heavy atom. The monoisotopic (exact) mass is 441 g/mol. The van der Waals surface area contributed by atoms with Crippen LogP contribution in [-0.2, 0) is 6.54 Å². The van der Waals surface area contributed by atoms with Crippen LogP contribution in [0.3, 0.4) is 0 Å². The second kappa shape index (κ2) is 9.32. The first-order chi connectivity index (χ1) is 15.7. The summed E-state index contributed by atoms with van der Waals surface area (Å²) >= 11 is 6.32. The lowest BCUT2D eigenvalue weighted by atomic mass is 10.0. The maximum Gasteiger partial charge on any atom is 0.0745 e. The molecule has 0 N–H and O–H groups in total. The molecule has 0 aliphatic carbocycles. The number of hydrogen-bond donors (Lipinski definition) is 0. The Balaban J connectivity index is 1.40. The Bertz CT molecular complexity index is 1190. The zero-order valence-electron chi connectivity index (χ0n) is 18.4. The summed E-state index contributed by atoms with van der Waals surface area (Å²) in [6.45, 7) is 3.26. The summed E-state index contributed by atoms with van der Waals surface area (Å²) in [7, 11) is 2.23. The molecule has 0 unspecified atom stereocenters. The molecule has 0 spiro atoms. The zero-order valence-corrected chi connectivity index (χ0v) is 19.2. The minimum Gasteiger partial charge on any atom is -0.371 e. The van der Waals surface area contributed by atoms with E-state index in [0.717, 1.165) is 59.7 Å². The lowest BCUT2D eigenvalue weighted by Crippen LogP contribution is -2.43. The molecule has 1 aliphatic heterocycles. The second-order valence-electron chi connectivity index (χ2n) is 8.66. The minimum atomic E-state index is 0.506. The number of hydrogen-bond acceptors (Lipinski definition) is 3. The van der Waals surface area contributed by atoms with Crippen LogP contribution in [0.4, 0.5) is 5.69 Å². The molecule has 162 valence electrons. The van der Waals surface area contributed by atoms with Gasteiger partial charge in [0.25, 0.3) is 0 Å². The lowest BCUT2D eigenvalue weighted by molar-refractivity contribution is 0.203. The van der Waals surface area contributed by atoms with Crippen molar-refractivity contribution in [1.82, 2.24) is 9.88 Å². The van der Waals surface area contributed by atoms with Crippen molar-refractivity contribution in [1.29, 1.82) is 0 Å². The van der Waals surface area contributed by atoms with Crippen LogP contribution in [0.15, 0.2) is 84.9 Å². The summed E-state index contributed by atoms with van der Waals surface area (Å²) in [4.78, 5) is 9.97. The molecule has 1 saturated heterocycles. The number of nitrogens with zero attached hydrogens (tertiary/aromatic N) is 3. The highest BCUT2D eigenvalue weighted by atomic mass is 35.5. The maximum absolute atomic E-state index is 6.32. The highest BCUT2D eigenvalue weighted by molar-refractivity contribution is 6.31. The fraction of sp³-hybridized carbons (Fsp3) is 0.250. The smallest absolute Gasteiger partial charge is 0.0745 e. The minimum absolute atomic E-state index is 0.506. The van der Waals surface area contributed by atoms with Gasteiger partial charge in [-0.25, -0.2) is 4.98 Å². The molecule has 3 aromatic carbocycles. The van der Waals surface area contributed by atoms with Crippen molar-refractivity contribution in [2.45, 2.75) is 25.4 Å². The summed E-state index contributed by atoms with van der Waals surface area (Å²) in [5.74, 6) is 0. The van der Waals surface area contributed by atoms with E-state index < -0.39 is 0 Å². The van der Waals surface area contributed by atoms with Crippen LogP contribution in [-0.4, -0.2) is 36.1 Å². The fourth-order valence-electron chi connectivity index (χ4n) is 4.73. The molecule has 2 heterocycles. The van der Waals surface area contributed by atoms with E-state index in [1.807, 2.05) is 18.2 Å². The number of halogens is 1. The summed E-state index contributed by atoms with van der Waals surface area (Å²) in [5.41, 5.74) is 5.68. The Morgan fingerprint density at radius 3 is 2.31 bits per heavy atom. The maximum atomic E-state index is 6.32. The number of anilines is 1. The van der Waals surface area contributed by atoms with Crippen LogP contribution in [0.25, 0.3) is 22.2 Å². The standard InChI is InChI=1S/C28H28ClN3/c1-31(24-14-16-32(17-15-24)20-21-8-4-2-5-9-21)28-19-26(22-10-6-3-7-11-22)30-27-18-23(29)12-13-25(27)28/h2-13,18-19,24H,14-17,20H2,1H3. The van der Waals surface area contributed by atoms with Gasteiger partial charge in [-0.05, 0) is 42.7 Å². The van der Waals surface area contributed by atoms with Crippen molar-refractivity contribution in [3.05, 3.63) is 95.5 Å². The molecule has 0 bridgehead atoms. The topological polar surface area (TPSA) is 19.4 Å². The van der Waals surface area contributed by atoms with Crippen molar-refractivity contribution < 1.29 is 0 Å². The van der Waals surface area contributed by atoms with E-state index in [0.29, 0.717) is 6.04 Å². The van der Waals surface area contributed by atoms with Gasteiger partial charge in [-0.15, -0.1) is 0 Å². The van der Waals surface area contributed by atoms with Crippen molar-refractivity contribution in [2.24, 2.45) is 0 Å². The number of piperidine rings is 1. The lowest BCUT2D eigenvalue weighted by Gasteiger charge is -2.38. The van der Waals surface area contributed by atoms with Gasteiger partial charge in [-0.2, -0.15) is 0 Å². The van der Waals surface area contributed by atoms with Gasteiger partial charge < -0.3 is 4.90 Å². The van der Waals surface area contributed by atoms with Gasteiger partial charge in [0.2, 0.25) is 0 Å². The first kappa shape index (κ1) is 21.0. The number of fused-ring (bicyclic) bond motifs is 1. The zero-order chi connectivity index (χ0) is 21.9. The number of benzene rings is 3. The van der Waals surface area contributed by atoms with Crippen LogP contribution in [0.2, 0.25) is 5.02 Å². The van der Waals surface area contributed by atoms with Crippen LogP contribution < -0.4 is 4.90 Å². The molecule has 5 rings (SSSR count). The molecule has 0 saturated carbocycles. The normalized spacial score (nSPS) is 15.2. The largest absolute Gasteiger partial charge is 0.371 e. The van der Waals surface area contributed by atoms with Crippen molar-refractivity contribution in [2.75, 3.05) is 25.0 Å². The average Bonchev–Trinajstić information content (AvgIpc) is 2.84. The first-order valence-electron chi connectivity index (χ1n) is 11.3. The van der Waals surface area contributed by atoms with E-state index in [2.05, 4.69) is 83.6 Å². The van der Waals surface area contributed by atoms with Gasteiger partial charge in [0.05, 0.1) is 11.2 Å². The van der Waals surface area contributed by atoms with Gasteiger partial charge in [0.15, 0.2) is 0 Å². The Labute approximate surface area is 195 Å². The van der Waals surface area contributed by atoms with E-state index in [9.17, 15) is 0 Å². The third-order valence-corrected chi connectivity index (χ3v) is 6.79. The molecule has 1 aromatic heterocycles. The molecule has 0 radical (unpaired) electrons. The Hall–Kier alpha value is -2.88. The fourth-order valence-corrected chi connectivity index (χ4v) is 4.90. The number of pyridine rings is 1. The summed E-state index contributed by atoms with van der Waals surface area (Å²) in [5, 5.41) is 1.88. The highest BCUT2D eigenvalue weighted by Gasteiger charge is 2.24. The van der Waals surface area contributed by atoms with E-state index in [-0.39, 0.29) is 0 Å². The predicted octanol–water partition coefficient (Wildman–Crippen LogP) is 6.66. The molecule has 32 heavy (non-hydrogen) atoms. The molecule has 4 heteroatoms. The van der Waals surface area contributed by atoms with Gasteiger partial charge in [0.1, 0.15) is 0 Å². The van der Waals surface area contributed by atoms with Gasteiger partial charge in [-0.1, -0.05) is 72.3 Å². The molecule has 0 atom stereocenters. The highest BCUT2D eigenvalue weighted by Crippen LogP contribution is 2.34. The molecule has 0 amide bonds. The number of rotatable bonds is 5. The third kappa shape index (κ3) is 4.50. The Morgan fingerprint density at radius 2 is 1.59 bits per heavy atom. The van der Waals surface area contributed by atoms with Crippen LogP contribution in [0.1, 0.15) is 18.4 Å². The van der Waals surface area contributed by atoms with Crippen LogP contribution >= 0.6 is 11.6 Å². The molecular weight excluding hydrogens is 414 g/mol. The molecular formula is C28H28ClN3. The van der Waals surface area contributed by atoms with Crippen LogP contribution in [0.5, 0.6) is 0 Å². The average molecular weight is 442 g/mol. The molecule has 4 aromatic rings. The van der Waals surface area contributed by atoms with Crippen LogP contribution in [0, 0.1) is 0 Å². The SMILES string of the molecule is CN(c1cc(-c2ccccc2)nc2cc(Cl)ccc12)C1CCN(Cc2ccccc2)CC1. The number of aromatic nitrogens is 1. The van der Waals surface area contributed by atoms with E-state index in [4.69, 9.17) is 16.6 Å². The first-order valence-corrected chi connectivity index (χ1v) is 11.7. The van der Waals surface area contributed by atoms with E-state index in [1.54, 1.807) is 0 Å². The van der Waals surface area contributed by atoms with Crippen molar-refractivity contribution in [3.8, 4) is 11.3 Å². The molecule has 1 fully saturated rings. The van der Waals surface area contributed by atoms with Gasteiger partial charge in [0, 0.05) is 54.4 Å². The van der Waals surface area contributed by atoms with Crippen molar-refractivity contribution >= 4 is 28.2 Å². The molecule has 1 aliphatic rings. The summed E-state index contributed by atoms with van der Waals surface area (Å²) < 4.78 is 0. The van der Waals surface area contributed by atoms with E-state index >= 15 is 0 Å².